The van der Waals surface area contributed by atoms with Crippen LogP contribution in [-0.4, -0.2) is 46.4 Å². The number of ether oxygens (including phenoxy) is 2. The molecule has 0 radical (unpaired) electrons. The minimum atomic E-state index is -3.50. The molecule has 0 aliphatic heterocycles. The van der Waals surface area contributed by atoms with Gasteiger partial charge in [0.05, 0.1) is 13.4 Å². The van der Waals surface area contributed by atoms with Crippen molar-refractivity contribution < 1.29 is 22.7 Å². The summed E-state index contributed by atoms with van der Waals surface area (Å²) in [5.41, 5.74) is 1.07. The van der Waals surface area contributed by atoms with E-state index in [1.807, 2.05) is 39.0 Å². The molecule has 0 bridgehead atoms. The molecule has 32 heavy (non-hydrogen) atoms. The second kappa shape index (κ2) is 12.1. The molecule has 1 aromatic carbocycles. The van der Waals surface area contributed by atoms with Crippen molar-refractivity contribution in [1.29, 1.82) is 0 Å². The lowest BCUT2D eigenvalue weighted by Crippen LogP contribution is -2.53. The molecule has 2 N–H and O–H groups in total. The van der Waals surface area contributed by atoms with Crippen molar-refractivity contribution in [3.8, 4) is 23.3 Å². The third-order valence-electron chi connectivity index (χ3n) is 5.60. The van der Waals surface area contributed by atoms with Gasteiger partial charge in [0.15, 0.2) is 11.5 Å². The zero-order chi connectivity index (χ0) is 23.7. The maximum absolute atomic E-state index is 13.0. The molecule has 8 heteroatoms. The molecule has 1 aromatic rings. The Kier molecular flexibility index (Phi) is 9.85. The highest BCUT2D eigenvalue weighted by atomic mass is 32.2. The first-order valence-corrected chi connectivity index (χ1v) is 13.1. The van der Waals surface area contributed by atoms with Gasteiger partial charge in [0.2, 0.25) is 15.9 Å². The molecular formula is C24H36N2O5S. The van der Waals surface area contributed by atoms with Crippen LogP contribution in [-0.2, 0) is 14.8 Å². The average molecular weight is 465 g/mol. The molecule has 0 heterocycles. The number of sulfonamides is 1. The van der Waals surface area contributed by atoms with Crippen LogP contribution >= 0.6 is 0 Å². The molecule has 0 spiro atoms. The Labute approximate surface area is 192 Å². The average Bonchev–Trinajstić information content (AvgIpc) is 2.74. The first-order valence-electron chi connectivity index (χ1n) is 11.2. The summed E-state index contributed by atoms with van der Waals surface area (Å²) in [6.07, 6.45) is 5.71. The van der Waals surface area contributed by atoms with E-state index in [4.69, 9.17) is 9.47 Å². The number of rotatable bonds is 9. The summed E-state index contributed by atoms with van der Waals surface area (Å²) >= 11 is 0. The van der Waals surface area contributed by atoms with E-state index in [-0.39, 0.29) is 23.8 Å². The summed E-state index contributed by atoms with van der Waals surface area (Å²) in [6, 6.07) is 4.98. The lowest BCUT2D eigenvalue weighted by atomic mass is 9.79. The van der Waals surface area contributed by atoms with Crippen LogP contribution in [0.5, 0.6) is 11.5 Å². The molecule has 0 saturated heterocycles. The molecule has 1 aliphatic rings. The van der Waals surface area contributed by atoms with Crippen molar-refractivity contribution in [3.63, 3.8) is 0 Å². The number of carbonyl (C=O) groups excluding carboxylic acids is 1. The van der Waals surface area contributed by atoms with Crippen LogP contribution in [0.4, 0.5) is 0 Å². The fraction of sp³-hybridized carbons (Fsp3) is 0.625. The van der Waals surface area contributed by atoms with Crippen LogP contribution in [0.3, 0.4) is 0 Å². The van der Waals surface area contributed by atoms with Crippen molar-refractivity contribution in [2.75, 3.05) is 20.0 Å². The first-order chi connectivity index (χ1) is 15.2. The summed E-state index contributed by atoms with van der Waals surface area (Å²) in [7, 11) is -1.89. The van der Waals surface area contributed by atoms with E-state index < -0.39 is 16.1 Å². The maximum Gasteiger partial charge on any atom is 0.238 e. The van der Waals surface area contributed by atoms with Crippen molar-refractivity contribution >= 4 is 15.9 Å². The molecule has 1 amide bonds. The number of amides is 1. The van der Waals surface area contributed by atoms with Gasteiger partial charge in [-0.3, -0.25) is 4.79 Å². The Morgan fingerprint density at radius 2 is 1.91 bits per heavy atom. The van der Waals surface area contributed by atoms with Crippen LogP contribution < -0.4 is 19.5 Å². The molecule has 2 rings (SSSR count). The largest absolute Gasteiger partial charge is 0.493 e. The molecule has 1 fully saturated rings. The Hall–Kier alpha value is -2.24. The predicted octanol–water partition coefficient (Wildman–Crippen LogP) is 3.20. The number of nitrogens with one attached hydrogen (secondary N) is 2. The van der Waals surface area contributed by atoms with Crippen LogP contribution in [0.1, 0.15) is 64.4 Å². The second-order valence-electron chi connectivity index (χ2n) is 8.52. The molecule has 0 unspecified atom stereocenters. The predicted molar refractivity (Wildman–Crippen MR) is 126 cm³/mol. The van der Waals surface area contributed by atoms with E-state index in [2.05, 4.69) is 21.9 Å². The van der Waals surface area contributed by atoms with Crippen molar-refractivity contribution in [1.82, 2.24) is 10.0 Å². The van der Waals surface area contributed by atoms with Crippen LogP contribution in [0.25, 0.3) is 0 Å². The van der Waals surface area contributed by atoms with Gasteiger partial charge in [-0.2, -0.15) is 0 Å². The minimum absolute atomic E-state index is 0.0780. The number of hydrogen-bond acceptors (Lipinski definition) is 5. The van der Waals surface area contributed by atoms with Gasteiger partial charge >= 0.3 is 0 Å². The van der Waals surface area contributed by atoms with Gasteiger partial charge in [-0.25, -0.2) is 13.1 Å². The first kappa shape index (κ1) is 26.0. The topological polar surface area (TPSA) is 93.7 Å². The number of methoxy groups -OCH3 is 1. The zero-order valence-electron chi connectivity index (χ0n) is 19.7. The highest BCUT2D eigenvalue weighted by molar-refractivity contribution is 7.88. The van der Waals surface area contributed by atoms with Gasteiger partial charge in [0.25, 0.3) is 0 Å². The number of hydrogen-bond donors (Lipinski definition) is 2. The van der Waals surface area contributed by atoms with Gasteiger partial charge in [-0.15, -0.1) is 5.92 Å². The summed E-state index contributed by atoms with van der Waals surface area (Å²) in [5.74, 6) is 6.85. The summed E-state index contributed by atoms with van der Waals surface area (Å²) in [6.45, 7) is 5.95. The SMILES string of the molecule is CCC#CCOc1ccc([C@H]2CCCC[C@@H]2NC(=O)[C@@H](NS(C)(=O)=O)C(C)C)cc1OC. The fourth-order valence-electron chi connectivity index (χ4n) is 4.02. The Morgan fingerprint density at radius 3 is 2.53 bits per heavy atom. The van der Waals surface area contributed by atoms with Crippen molar-refractivity contribution in [3.05, 3.63) is 23.8 Å². The fourth-order valence-corrected chi connectivity index (χ4v) is 4.86. The van der Waals surface area contributed by atoms with Gasteiger partial charge in [-0.05, 0) is 36.5 Å². The van der Waals surface area contributed by atoms with Crippen molar-refractivity contribution in [2.45, 2.75) is 70.9 Å². The van der Waals surface area contributed by atoms with E-state index in [0.29, 0.717) is 18.1 Å². The normalized spacial score (nSPS) is 19.6. The van der Waals surface area contributed by atoms with Gasteiger partial charge in [-0.1, -0.05) is 45.6 Å². The lowest BCUT2D eigenvalue weighted by Gasteiger charge is -2.34. The lowest BCUT2D eigenvalue weighted by molar-refractivity contribution is -0.124. The number of carbonyl (C=O) groups is 1. The Bertz CT molecular complexity index is 933. The molecule has 3 atom stereocenters. The maximum atomic E-state index is 13.0. The molecule has 0 aromatic heterocycles. The number of benzene rings is 1. The molecular weight excluding hydrogens is 428 g/mol. The highest BCUT2D eigenvalue weighted by Gasteiger charge is 2.32. The molecule has 1 saturated carbocycles. The van der Waals surface area contributed by atoms with Gasteiger partial charge in [0.1, 0.15) is 12.6 Å². The zero-order valence-corrected chi connectivity index (χ0v) is 20.6. The standard InChI is InChI=1S/C24H36N2O5S/c1-6-7-10-15-31-21-14-13-18(16-22(21)30-4)19-11-8-9-12-20(19)25-24(27)23(17(2)3)26-32(5,28)29/h13-14,16-17,19-20,23,26H,6,8-9,11-12,15H2,1-5H3,(H,25,27)/t19-,20+,23+/m1/s1. The summed E-state index contributed by atoms with van der Waals surface area (Å²) < 4.78 is 37.2. The van der Waals surface area contributed by atoms with E-state index in [1.165, 1.54) is 0 Å². The monoisotopic (exact) mass is 464 g/mol. The smallest absolute Gasteiger partial charge is 0.238 e. The quantitative estimate of drug-likeness (QED) is 0.548. The van der Waals surface area contributed by atoms with Gasteiger partial charge in [0, 0.05) is 18.4 Å². The van der Waals surface area contributed by atoms with E-state index >= 15 is 0 Å². The van der Waals surface area contributed by atoms with Crippen LogP contribution in [0.2, 0.25) is 0 Å². The Morgan fingerprint density at radius 1 is 1.19 bits per heavy atom. The van der Waals surface area contributed by atoms with Crippen molar-refractivity contribution in [2.24, 2.45) is 5.92 Å². The van der Waals surface area contributed by atoms with E-state index in [9.17, 15) is 13.2 Å². The molecule has 7 nitrogen and oxygen atoms in total. The minimum Gasteiger partial charge on any atom is -0.493 e. The van der Waals surface area contributed by atoms with E-state index in [0.717, 1.165) is 43.9 Å². The second-order valence-corrected chi connectivity index (χ2v) is 10.3. The third kappa shape index (κ3) is 7.72. The highest BCUT2D eigenvalue weighted by Crippen LogP contribution is 2.37. The van der Waals surface area contributed by atoms with Crippen LogP contribution in [0, 0.1) is 17.8 Å². The third-order valence-corrected chi connectivity index (χ3v) is 6.28. The van der Waals surface area contributed by atoms with Crippen LogP contribution in [0.15, 0.2) is 18.2 Å². The summed E-state index contributed by atoms with van der Waals surface area (Å²) in [4.78, 5) is 13.0. The molecule has 178 valence electrons. The Balaban J connectivity index is 2.19. The summed E-state index contributed by atoms with van der Waals surface area (Å²) in [5, 5.41) is 3.12. The molecule has 1 aliphatic carbocycles. The van der Waals surface area contributed by atoms with Gasteiger partial charge < -0.3 is 14.8 Å². The van der Waals surface area contributed by atoms with E-state index in [1.54, 1.807) is 7.11 Å².